The molecule has 3 nitrogen and oxygen atoms in total. The molecular weight excluding hydrogens is 190 g/mol. The molecule has 0 unspecified atom stereocenters. The van der Waals surface area contributed by atoms with Gasteiger partial charge < -0.3 is 17.5 Å². The van der Waals surface area contributed by atoms with Gasteiger partial charge in [-0.05, 0) is 12.5 Å². The van der Waals surface area contributed by atoms with Crippen molar-refractivity contribution in [3.8, 4) is 0 Å². The summed E-state index contributed by atoms with van der Waals surface area (Å²) >= 11 is 0. The summed E-state index contributed by atoms with van der Waals surface area (Å²) in [4.78, 5) is 11.2. The van der Waals surface area contributed by atoms with Crippen molar-refractivity contribution in [2.24, 2.45) is 0 Å². The second-order valence-electron chi connectivity index (χ2n) is 3.44. The minimum atomic E-state index is 0. The van der Waals surface area contributed by atoms with E-state index in [9.17, 15) is 4.79 Å². The van der Waals surface area contributed by atoms with Crippen molar-refractivity contribution in [1.82, 2.24) is 0 Å². The van der Waals surface area contributed by atoms with E-state index in [1.165, 1.54) is 0 Å². The van der Waals surface area contributed by atoms with E-state index >= 15 is 0 Å². The van der Waals surface area contributed by atoms with Gasteiger partial charge in [-0.2, -0.15) is 0 Å². The van der Waals surface area contributed by atoms with Crippen LogP contribution in [0, 0.1) is 0 Å². The lowest BCUT2D eigenvalue weighted by Gasteiger charge is -2.23. The minimum absolute atomic E-state index is 0. The Labute approximate surface area is 85.4 Å². The first kappa shape index (κ1) is 14.7. The molecule has 0 aliphatic rings. The molecule has 0 aromatic heterocycles. The molecule has 0 fully saturated rings. The van der Waals surface area contributed by atoms with Crippen molar-refractivity contribution in [1.29, 1.82) is 0 Å². The molecule has 0 heterocycles. The summed E-state index contributed by atoms with van der Waals surface area (Å²) in [6, 6.07) is 0. The van der Waals surface area contributed by atoms with E-state index in [4.69, 9.17) is 5.11 Å². The Morgan fingerprint density at radius 2 is 2.00 bits per heavy atom. The number of Topliss-reactive ketones (excluding diaryl/α,β-unsaturated/α-hetero) is 1. The van der Waals surface area contributed by atoms with Gasteiger partial charge in [-0.1, -0.05) is 6.58 Å². The summed E-state index contributed by atoms with van der Waals surface area (Å²) in [5.74, 6) is 0.0121. The summed E-state index contributed by atoms with van der Waals surface area (Å²) < 4.78 is 0.336. The Hall–Kier alpha value is -0.800. The van der Waals surface area contributed by atoms with Crippen LogP contribution in [0.2, 0.25) is 0 Å². The minimum Gasteiger partial charge on any atom is -1.00 e. The van der Waals surface area contributed by atoms with E-state index < -0.39 is 0 Å². The molecule has 0 radical (unpaired) electrons. The predicted molar refractivity (Wildman–Crippen MR) is 48.6 cm³/mol. The van der Waals surface area contributed by atoms with Crippen LogP contribution in [0.1, 0.15) is 6.92 Å². The molecule has 0 atom stereocenters. The molecule has 0 aromatic carbocycles. The van der Waals surface area contributed by atoms with Crippen LogP contribution in [-0.4, -0.2) is 36.0 Å². The van der Waals surface area contributed by atoms with Gasteiger partial charge >= 0.3 is 0 Å². The second-order valence-corrected chi connectivity index (χ2v) is 3.44. The van der Waals surface area contributed by atoms with Crippen molar-refractivity contribution in [2.75, 3.05) is 20.6 Å². The third-order valence-corrected chi connectivity index (χ3v) is 1.50. The summed E-state index contributed by atoms with van der Waals surface area (Å²) in [5, 5.41) is 8.52. The number of rotatable bonds is 4. The SMILES string of the molecule is C=C(C)C(=O)C[N+](C)(C)C=CO.[Cl-]. The maximum Gasteiger partial charge on any atom is 0.212 e. The number of quaternary nitrogens is 1. The molecule has 0 aromatic rings. The number of carbonyl (C=O) groups is 1. The van der Waals surface area contributed by atoms with Gasteiger partial charge in [-0.15, -0.1) is 0 Å². The molecule has 0 amide bonds. The van der Waals surface area contributed by atoms with Crippen LogP contribution in [0.15, 0.2) is 24.6 Å². The molecule has 13 heavy (non-hydrogen) atoms. The van der Waals surface area contributed by atoms with Gasteiger partial charge in [-0.25, -0.2) is 0 Å². The van der Waals surface area contributed by atoms with Gasteiger partial charge in [0.15, 0.2) is 0 Å². The zero-order chi connectivity index (χ0) is 9.78. The Kier molecular flexibility index (Phi) is 6.54. The zero-order valence-corrected chi connectivity index (χ0v) is 9.01. The van der Waals surface area contributed by atoms with Gasteiger partial charge in [-0.3, -0.25) is 9.28 Å². The first-order valence-corrected chi connectivity index (χ1v) is 3.72. The average Bonchev–Trinajstić information content (AvgIpc) is 1.85. The lowest BCUT2D eigenvalue weighted by molar-refractivity contribution is -0.830. The van der Waals surface area contributed by atoms with Gasteiger partial charge in [0.1, 0.15) is 19.0 Å². The van der Waals surface area contributed by atoms with Crippen molar-refractivity contribution in [3.05, 3.63) is 24.6 Å². The van der Waals surface area contributed by atoms with Crippen LogP contribution >= 0.6 is 0 Å². The highest BCUT2D eigenvalue weighted by molar-refractivity contribution is 5.95. The molecular formula is C9H16ClNO2. The van der Waals surface area contributed by atoms with Gasteiger partial charge in [0.2, 0.25) is 5.78 Å². The molecule has 0 aliphatic heterocycles. The number of aliphatic hydroxyl groups excluding tert-OH is 1. The van der Waals surface area contributed by atoms with Crippen LogP contribution in [-0.2, 0) is 4.79 Å². The smallest absolute Gasteiger partial charge is 0.212 e. The maximum absolute atomic E-state index is 11.2. The molecule has 76 valence electrons. The first-order valence-electron chi connectivity index (χ1n) is 3.72. The third kappa shape index (κ3) is 6.37. The molecule has 0 saturated heterocycles. The summed E-state index contributed by atoms with van der Waals surface area (Å²) in [7, 11) is 3.65. The number of halogens is 1. The van der Waals surface area contributed by atoms with E-state index in [1.807, 2.05) is 14.1 Å². The highest BCUT2D eigenvalue weighted by Crippen LogP contribution is 2.01. The number of aliphatic hydroxyl groups is 1. The average molecular weight is 206 g/mol. The van der Waals surface area contributed by atoms with Gasteiger partial charge in [0.25, 0.3) is 0 Å². The van der Waals surface area contributed by atoms with E-state index in [-0.39, 0.29) is 18.2 Å². The van der Waals surface area contributed by atoms with Gasteiger partial charge in [0, 0.05) is 0 Å². The number of hydrogen-bond donors (Lipinski definition) is 1. The topological polar surface area (TPSA) is 37.3 Å². The molecule has 0 aliphatic carbocycles. The number of carbonyl (C=O) groups excluding carboxylic acids is 1. The quantitative estimate of drug-likeness (QED) is 0.336. The molecule has 1 N–H and O–H groups in total. The molecule has 0 bridgehead atoms. The van der Waals surface area contributed by atoms with Crippen molar-refractivity contribution >= 4 is 5.78 Å². The monoisotopic (exact) mass is 205 g/mol. The number of ketones is 1. The first-order chi connectivity index (χ1) is 5.39. The normalized spacial score (nSPS) is 11.0. The molecule has 0 saturated carbocycles. The fourth-order valence-corrected chi connectivity index (χ4v) is 0.738. The van der Waals surface area contributed by atoms with Crippen molar-refractivity contribution < 1.29 is 26.8 Å². The zero-order valence-electron chi connectivity index (χ0n) is 8.25. The number of nitrogens with zero attached hydrogens (tertiary/aromatic N) is 1. The maximum atomic E-state index is 11.2. The lowest BCUT2D eigenvalue weighted by Crippen LogP contribution is -3.00. The van der Waals surface area contributed by atoms with E-state index in [0.717, 1.165) is 6.26 Å². The van der Waals surface area contributed by atoms with Crippen LogP contribution in [0.4, 0.5) is 0 Å². The van der Waals surface area contributed by atoms with Crippen LogP contribution in [0.25, 0.3) is 0 Å². The molecule has 0 spiro atoms. The van der Waals surface area contributed by atoms with Crippen LogP contribution in [0.5, 0.6) is 0 Å². The highest BCUT2D eigenvalue weighted by Gasteiger charge is 2.17. The fraction of sp³-hybridized carbons (Fsp3) is 0.444. The second kappa shape index (κ2) is 5.78. The van der Waals surface area contributed by atoms with Crippen LogP contribution in [0.3, 0.4) is 0 Å². The van der Waals surface area contributed by atoms with Crippen molar-refractivity contribution in [2.45, 2.75) is 6.92 Å². The fourth-order valence-electron chi connectivity index (χ4n) is 0.738. The Morgan fingerprint density at radius 1 is 1.54 bits per heavy atom. The number of likely N-dealkylation sites (N-methyl/N-ethyl adjacent to an activating group) is 1. The number of hydrogen-bond acceptors (Lipinski definition) is 2. The Morgan fingerprint density at radius 3 is 2.31 bits per heavy atom. The molecule has 4 heteroatoms. The predicted octanol–water partition coefficient (Wildman–Crippen LogP) is -1.76. The standard InChI is InChI=1S/C9H15NO2.ClH/c1-8(2)9(12)7-10(3,4)5-6-11;/h5-6H,1,7H2,2-4H3;1H. The van der Waals surface area contributed by atoms with E-state index in [2.05, 4.69) is 6.58 Å². The summed E-state index contributed by atoms with van der Waals surface area (Å²) in [6.07, 6.45) is 2.49. The van der Waals surface area contributed by atoms with Crippen LogP contribution < -0.4 is 12.4 Å². The largest absolute Gasteiger partial charge is 1.00 e. The Balaban J connectivity index is 0. The summed E-state index contributed by atoms with van der Waals surface area (Å²) in [5.41, 5.74) is 0.549. The van der Waals surface area contributed by atoms with E-state index in [1.54, 1.807) is 13.1 Å². The lowest BCUT2D eigenvalue weighted by atomic mass is 10.2. The van der Waals surface area contributed by atoms with E-state index in [0.29, 0.717) is 16.6 Å². The summed E-state index contributed by atoms with van der Waals surface area (Å²) in [6.45, 7) is 5.56. The van der Waals surface area contributed by atoms with Crippen molar-refractivity contribution in [3.63, 3.8) is 0 Å². The third-order valence-electron chi connectivity index (χ3n) is 1.50. The Bertz CT molecular complexity index is 222. The molecule has 0 rings (SSSR count). The highest BCUT2D eigenvalue weighted by atomic mass is 35.5. The van der Waals surface area contributed by atoms with Gasteiger partial charge in [0.05, 0.1) is 14.1 Å².